The lowest BCUT2D eigenvalue weighted by Gasteiger charge is -2.33. The molecule has 0 aromatic rings. The predicted molar refractivity (Wildman–Crippen MR) is 55.6 cm³/mol. The summed E-state index contributed by atoms with van der Waals surface area (Å²) in [4.78, 5) is 35.8. The van der Waals surface area contributed by atoms with Gasteiger partial charge in [-0.05, 0) is 31.8 Å². The van der Waals surface area contributed by atoms with E-state index in [9.17, 15) is 14.2 Å². The minimum absolute atomic E-state index is 0.305. The topological polar surface area (TPSA) is 135 Å². The van der Waals surface area contributed by atoms with Crippen molar-refractivity contribution in [3.8, 4) is 0 Å². The molecule has 9 heteroatoms. The fourth-order valence-corrected chi connectivity index (χ4v) is 4.12. The van der Waals surface area contributed by atoms with Crippen LogP contribution in [0.15, 0.2) is 11.1 Å². The molecular weight excluding hydrogens is 258 g/mol. The molecule has 1 aliphatic carbocycles. The molecule has 0 atom stereocenters. The summed E-state index contributed by atoms with van der Waals surface area (Å²) in [6.45, 7) is 1.15. The molecule has 0 aromatic carbocycles. The smallest absolute Gasteiger partial charge is 0.364 e. The third kappa shape index (κ3) is 2.05. The molecule has 1 saturated carbocycles. The van der Waals surface area contributed by atoms with Crippen molar-refractivity contribution in [3.05, 3.63) is 11.1 Å². The van der Waals surface area contributed by atoms with Crippen molar-refractivity contribution in [1.29, 1.82) is 0 Å². The van der Waals surface area contributed by atoms with Gasteiger partial charge in [-0.2, -0.15) is 0 Å². The van der Waals surface area contributed by atoms with Crippen LogP contribution in [0, 0.1) is 0 Å². The molecule has 1 rings (SSSR count). The van der Waals surface area contributed by atoms with Crippen molar-refractivity contribution in [1.82, 2.24) is 0 Å². The van der Waals surface area contributed by atoms with Gasteiger partial charge in [0.2, 0.25) is 0 Å². The van der Waals surface area contributed by atoms with E-state index in [1.54, 1.807) is 0 Å². The van der Waals surface area contributed by atoms with Crippen LogP contribution in [-0.2, 0) is 9.13 Å². The molecule has 0 heterocycles. The molecule has 0 aliphatic heterocycles. The molecule has 7 nitrogen and oxygen atoms in total. The Bertz CT molecular complexity index is 386. The normalized spacial score (nSPS) is 18.2. The summed E-state index contributed by atoms with van der Waals surface area (Å²) in [5, 5.41) is 6.32. The van der Waals surface area contributed by atoms with Crippen molar-refractivity contribution in [2.75, 3.05) is 0 Å². The maximum atomic E-state index is 11.1. The van der Waals surface area contributed by atoms with Crippen LogP contribution in [0.25, 0.3) is 0 Å². The van der Waals surface area contributed by atoms with Crippen LogP contribution in [-0.4, -0.2) is 29.8 Å². The number of aliphatic hydroxyl groups is 1. The van der Waals surface area contributed by atoms with E-state index in [2.05, 4.69) is 0 Å². The van der Waals surface area contributed by atoms with Crippen molar-refractivity contribution < 1.29 is 33.8 Å². The molecule has 0 unspecified atom stereocenters. The molecule has 1 aliphatic rings. The molecule has 1 fully saturated rings. The lowest BCUT2D eigenvalue weighted by Crippen LogP contribution is -2.31. The van der Waals surface area contributed by atoms with Gasteiger partial charge in [-0.3, -0.25) is 9.13 Å². The van der Waals surface area contributed by atoms with Gasteiger partial charge in [0.05, 0.1) is 0 Å². The fraction of sp³-hybridized carbons (Fsp3) is 0.714. The van der Waals surface area contributed by atoms with E-state index in [1.807, 2.05) is 0 Å². The van der Waals surface area contributed by atoms with E-state index >= 15 is 0 Å². The zero-order valence-corrected chi connectivity index (χ0v) is 10.4. The highest BCUT2D eigenvalue weighted by Crippen LogP contribution is 2.71. The van der Waals surface area contributed by atoms with Crippen molar-refractivity contribution in [3.63, 3.8) is 0 Å². The van der Waals surface area contributed by atoms with Gasteiger partial charge in [-0.1, -0.05) is 5.57 Å². The van der Waals surface area contributed by atoms with E-state index in [1.165, 1.54) is 0 Å². The van der Waals surface area contributed by atoms with Gasteiger partial charge < -0.3 is 24.7 Å². The molecule has 0 spiro atoms. The van der Waals surface area contributed by atoms with Crippen LogP contribution in [0.2, 0.25) is 0 Å². The Morgan fingerprint density at radius 3 is 1.69 bits per heavy atom. The van der Waals surface area contributed by atoms with Gasteiger partial charge in [-0.25, -0.2) is 0 Å². The van der Waals surface area contributed by atoms with Gasteiger partial charge >= 0.3 is 15.2 Å². The van der Waals surface area contributed by atoms with Crippen LogP contribution < -0.4 is 0 Å². The molecule has 0 amide bonds. The van der Waals surface area contributed by atoms with Crippen LogP contribution >= 0.6 is 15.2 Å². The second-order valence-electron chi connectivity index (χ2n) is 3.81. The average Bonchev–Trinajstić information content (AvgIpc) is 1.94. The Balaban J connectivity index is 3.38. The van der Waals surface area contributed by atoms with Crippen LogP contribution in [0.5, 0.6) is 0 Å². The van der Waals surface area contributed by atoms with Crippen LogP contribution in [0.1, 0.15) is 26.2 Å². The van der Waals surface area contributed by atoms with Gasteiger partial charge in [0.25, 0.3) is 5.08 Å². The Labute approximate surface area is 92.1 Å². The summed E-state index contributed by atoms with van der Waals surface area (Å²) < 4.78 is 22.2. The third-order valence-electron chi connectivity index (χ3n) is 2.80. The molecule has 0 radical (unpaired) electrons. The Hall–Kier alpha value is -0.0000000000000000416. The number of hydrogen-bond donors (Lipinski definition) is 5. The summed E-state index contributed by atoms with van der Waals surface area (Å²) in [6.07, 6.45) is 1.77. The maximum Gasteiger partial charge on any atom is 0.373 e. The summed E-state index contributed by atoms with van der Waals surface area (Å²) in [6, 6.07) is 0. The molecule has 94 valence electrons. The lowest BCUT2D eigenvalue weighted by molar-refractivity contribution is 0.156. The van der Waals surface area contributed by atoms with Gasteiger partial charge in [0.15, 0.2) is 0 Å². The summed E-state index contributed by atoms with van der Waals surface area (Å²) in [7, 11) is -10.7. The van der Waals surface area contributed by atoms with E-state index in [-0.39, 0.29) is 5.57 Å². The highest BCUT2D eigenvalue weighted by molar-refractivity contribution is 7.72. The Morgan fingerprint density at radius 2 is 1.50 bits per heavy atom. The monoisotopic (exact) mass is 272 g/mol. The molecule has 5 N–H and O–H groups in total. The fourth-order valence-electron chi connectivity index (χ4n) is 1.57. The number of rotatable bonds is 3. The predicted octanol–water partition coefficient (Wildman–Crippen LogP) is 0.488. The van der Waals surface area contributed by atoms with Crippen molar-refractivity contribution in [2.24, 2.45) is 0 Å². The molecule has 0 saturated heterocycles. The molecule has 0 aromatic heterocycles. The summed E-state index contributed by atoms with van der Waals surface area (Å²) in [5.41, 5.74) is 0.189. The zero-order chi connectivity index (χ0) is 12.8. The maximum absolute atomic E-state index is 11.1. The number of allylic oxidation sites excluding steroid dienone is 1. The van der Waals surface area contributed by atoms with Crippen molar-refractivity contribution in [2.45, 2.75) is 31.3 Å². The van der Waals surface area contributed by atoms with Gasteiger partial charge in [-0.15, -0.1) is 0 Å². The highest BCUT2D eigenvalue weighted by atomic mass is 31.2. The first-order chi connectivity index (χ1) is 7.02. The highest BCUT2D eigenvalue weighted by Gasteiger charge is 2.61. The number of hydrogen-bond acceptors (Lipinski definition) is 3. The third-order valence-corrected chi connectivity index (χ3v) is 6.66. The van der Waals surface area contributed by atoms with E-state index in [0.717, 1.165) is 13.3 Å². The first-order valence-electron chi connectivity index (χ1n) is 4.54. The molecule has 16 heavy (non-hydrogen) atoms. The van der Waals surface area contributed by atoms with E-state index < -0.39 is 20.3 Å². The zero-order valence-electron chi connectivity index (χ0n) is 8.57. The molecular formula is C7H14O7P2. The first-order valence-corrected chi connectivity index (χ1v) is 7.77. The second-order valence-corrected chi connectivity index (χ2v) is 7.63. The van der Waals surface area contributed by atoms with Crippen molar-refractivity contribution >= 4 is 15.2 Å². The standard InChI is InChI=1S/C7H14O7P2/c1-5(6-3-2-4-6)7(8,15(9,10)11)16(12,13)14/h8H,2-4H2,1H3,(H2,9,10,11)(H2,12,13,14). The first kappa shape index (κ1) is 14.1. The van der Waals surface area contributed by atoms with Crippen LogP contribution in [0.4, 0.5) is 0 Å². The quantitative estimate of drug-likeness (QED) is 0.372. The van der Waals surface area contributed by atoms with Crippen LogP contribution in [0.3, 0.4) is 0 Å². The van der Waals surface area contributed by atoms with E-state index in [4.69, 9.17) is 19.6 Å². The average molecular weight is 272 g/mol. The summed E-state index contributed by atoms with van der Waals surface area (Å²) >= 11 is 0. The SMILES string of the molecule is CC(=C1CCC1)C(O)(P(=O)(O)O)P(=O)(O)O. The summed E-state index contributed by atoms with van der Waals surface area (Å²) in [5.74, 6) is 0. The largest absolute Gasteiger partial charge is 0.373 e. The Morgan fingerprint density at radius 1 is 1.12 bits per heavy atom. The van der Waals surface area contributed by atoms with Gasteiger partial charge in [0, 0.05) is 0 Å². The molecule has 0 bridgehead atoms. The van der Waals surface area contributed by atoms with E-state index in [0.29, 0.717) is 18.4 Å². The Kier molecular flexibility index (Phi) is 3.54. The second kappa shape index (κ2) is 4.03. The minimum Gasteiger partial charge on any atom is -0.364 e. The van der Waals surface area contributed by atoms with Gasteiger partial charge in [0.1, 0.15) is 0 Å². The lowest BCUT2D eigenvalue weighted by atomic mass is 9.88. The minimum atomic E-state index is -5.36.